The Balaban J connectivity index is 2.04. The van der Waals surface area contributed by atoms with Crippen molar-refractivity contribution in [2.24, 2.45) is 0 Å². The average molecular weight is 299 g/mol. The SMILES string of the molecule is O=[N+]([O-])c1ccc(F)c(-c2cc(-c3ccccc3)cs2)c1. The largest absolute Gasteiger partial charge is 0.270 e. The molecule has 0 saturated carbocycles. The zero-order valence-electron chi connectivity index (χ0n) is 10.8. The Morgan fingerprint density at radius 2 is 1.76 bits per heavy atom. The highest BCUT2D eigenvalue weighted by atomic mass is 32.1. The Morgan fingerprint density at radius 3 is 2.48 bits per heavy atom. The second-order valence-electron chi connectivity index (χ2n) is 4.49. The summed E-state index contributed by atoms with van der Waals surface area (Å²) in [6.07, 6.45) is 0. The van der Waals surface area contributed by atoms with Gasteiger partial charge in [0.15, 0.2) is 0 Å². The number of nitrogens with zero attached hydrogens (tertiary/aromatic N) is 1. The first-order valence-electron chi connectivity index (χ1n) is 6.23. The van der Waals surface area contributed by atoms with Gasteiger partial charge >= 0.3 is 0 Å². The highest BCUT2D eigenvalue weighted by Gasteiger charge is 2.14. The Hall–Kier alpha value is -2.53. The van der Waals surface area contributed by atoms with E-state index in [4.69, 9.17) is 0 Å². The van der Waals surface area contributed by atoms with Crippen LogP contribution in [-0.4, -0.2) is 4.92 Å². The third-order valence-corrected chi connectivity index (χ3v) is 4.10. The van der Waals surface area contributed by atoms with E-state index >= 15 is 0 Å². The fourth-order valence-electron chi connectivity index (χ4n) is 2.08. The molecule has 0 aliphatic rings. The molecule has 2 aromatic carbocycles. The van der Waals surface area contributed by atoms with Crippen molar-refractivity contribution < 1.29 is 9.31 Å². The number of hydrogen-bond donors (Lipinski definition) is 0. The Morgan fingerprint density at radius 1 is 1.00 bits per heavy atom. The highest BCUT2D eigenvalue weighted by Crippen LogP contribution is 2.35. The summed E-state index contributed by atoms with van der Waals surface area (Å²) in [5, 5.41) is 12.7. The van der Waals surface area contributed by atoms with Crippen LogP contribution in [-0.2, 0) is 0 Å². The van der Waals surface area contributed by atoms with Crippen molar-refractivity contribution in [3.8, 4) is 21.6 Å². The number of thiophene rings is 1. The van der Waals surface area contributed by atoms with Crippen molar-refractivity contribution in [2.75, 3.05) is 0 Å². The first-order chi connectivity index (χ1) is 10.1. The minimum absolute atomic E-state index is 0.110. The van der Waals surface area contributed by atoms with Crippen LogP contribution in [0.1, 0.15) is 0 Å². The summed E-state index contributed by atoms with van der Waals surface area (Å²) in [4.78, 5) is 11.0. The summed E-state index contributed by atoms with van der Waals surface area (Å²) >= 11 is 1.37. The lowest BCUT2D eigenvalue weighted by Gasteiger charge is -2.00. The van der Waals surface area contributed by atoms with Gasteiger partial charge in [-0.3, -0.25) is 10.1 Å². The molecule has 0 aliphatic carbocycles. The maximum absolute atomic E-state index is 13.9. The number of nitro benzene ring substituents is 1. The predicted molar refractivity (Wildman–Crippen MR) is 81.8 cm³/mol. The molecule has 1 aromatic heterocycles. The fourth-order valence-corrected chi connectivity index (χ4v) is 3.01. The van der Waals surface area contributed by atoms with E-state index in [1.165, 1.54) is 23.5 Å². The molecule has 3 aromatic rings. The molecule has 0 aliphatic heterocycles. The van der Waals surface area contributed by atoms with E-state index < -0.39 is 10.7 Å². The molecule has 0 unspecified atom stereocenters. The zero-order valence-corrected chi connectivity index (χ0v) is 11.6. The summed E-state index contributed by atoms with van der Waals surface area (Å²) in [7, 11) is 0. The van der Waals surface area contributed by atoms with Gasteiger partial charge in [0, 0.05) is 22.6 Å². The zero-order chi connectivity index (χ0) is 14.8. The summed E-state index contributed by atoms with van der Waals surface area (Å²) in [6.45, 7) is 0. The van der Waals surface area contributed by atoms with Crippen LogP contribution in [0, 0.1) is 15.9 Å². The van der Waals surface area contributed by atoms with Crippen LogP contribution in [0.3, 0.4) is 0 Å². The molecular weight excluding hydrogens is 289 g/mol. The van der Waals surface area contributed by atoms with Crippen LogP contribution in [0.2, 0.25) is 0 Å². The summed E-state index contributed by atoms with van der Waals surface area (Å²) < 4.78 is 13.9. The van der Waals surface area contributed by atoms with E-state index in [0.29, 0.717) is 4.88 Å². The molecule has 0 N–H and O–H groups in total. The molecule has 1 heterocycles. The topological polar surface area (TPSA) is 43.1 Å². The maximum atomic E-state index is 13.9. The van der Waals surface area contributed by atoms with E-state index in [2.05, 4.69) is 0 Å². The monoisotopic (exact) mass is 299 g/mol. The second-order valence-corrected chi connectivity index (χ2v) is 5.40. The fraction of sp³-hybridized carbons (Fsp3) is 0. The third-order valence-electron chi connectivity index (χ3n) is 3.13. The molecule has 0 atom stereocenters. The van der Waals surface area contributed by atoms with Crippen molar-refractivity contribution in [3.63, 3.8) is 0 Å². The number of rotatable bonds is 3. The molecule has 0 saturated heterocycles. The first-order valence-corrected chi connectivity index (χ1v) is 7.11. The average Bonchev–Trinajstić information content (AvgIpc) is 2.98. The van der Waals surface area contributed by atoms with Gasteiger partial charge in [-0.25, -0.2) is 4.39 Å². The Kier molecular flexibility index (Phi) is 3.50. The van der Waals surface area contributed by atoms with E-state index in [0.717, 1.165) is 17.2 Å². The lowest BCUT2D eigenvalue weighted by Crippen LogP contribution is -1.90. The molecule has 0 amide bonds. The van der Waals surface area contributed by atoms with Crippen molar-refractivity contribution in [1.82, 2.24) is 0 Å². The molecule has 21 heavy (non-hydrogen) atoms. The maximum Gasteiger partial charge on any atom is 0.270 e. The van der Waals surface area contributed by atoms with Gasteiger partial charge in [0.25, 0.3) is 5.69 Å². The van der Waals surface area contributed by atoms with Crippen molar-refractivity contribution in [2.45, 2.75) is 0 Å². The van der Waals surface area contributed by atoms with Gasteiger partial charge in [-0.1, -0.05) is 30.3 Å². The Bertz CT molecular complexity index is 799. The summed E-state index contributed by atoms with van der Waals surface area (Å²) in [5.74, 6) is -0.456. The molecule has 104 valence electrons. The van der Waals surface area contributed by atoms with Crippen molar-refractivity contribution in [3.05, 3.63) is 75.9 Å². The van der Waals surface area contributed by atoms with Gasteiger partial charge < -0.3 is 0 Å². The highest BCUT2D eigenvalue weighted by molar-refractivity contribution is 7.14. The van der Waals surface area contributed by atoms with E-state index in [1.54, 1.807) is 0 Å². The van der Waals surface area contributed by atoms with Crippen molar-refractivity contribution >= 4 is 17.0 Å². The van der Waals surface area contributed by atoms with Gasteiger partial charge in [-0.2, -0.15) is 0 Å². The predicted octanol–water partition coefficient (Wildman–Crippen LogP) is 5.13. The minimum atomic E-state index is -0.519. The Labute approximate surface area is 124 Å². The second kappa shape index (κ2) is 5.46. The number of nitro groups is 1. The lowest BCUT2D eigenvalue weighted by atomic mass is 10.1. The van der Waals surface area contributed by atoms with Crippen LogP contribution in [0.25, 0.3) is 21.6 Å². The summed E-state index contributed by atoms with van der Waals surface area (Å²) in [6, 6.07) is 15.2. The molecule has 0 fully saturated rings. The molecular formula is C16H10FNO2S. The van der Waals surface area contributed by atoms with E-state index in [1.807, 2.05) is 41.8 Å². The van der Waals surface area contributed by atoms with Crippen LogP contribution >= 0.6 is 11.3 Å². The van der Waals surface area contributed by atoms with Crippen LogP contribution < -0.4 is 0 Å². The first kappa shape index (κ1) is 13.5. The van der Waals surface area contributed by atoms with Gasteiger partial charge in [-0.05, 0) is 28.6 Å². The molecule has 5 heteroatoms. The lowest BCUT2D eigenvalue weighted by molar-refractivity contribution is -0.384. The summed E-state index contributed by atoms with van der Waals surface area (Å²) in [5.41, 5.74) is 2.16. The smallest absolute Gasteiger partial charge is 0.258 e. The number of benzene rings is 2. The van der Waals surface area contributed by atoms with Crippen LogP contribution in [0.5, 0.6) is 0 Å². The molecule has 3 nitrogen and oxygen atoms in total. The minimum Gasteiger partial charge on any atom is -0.258 e. The quantitative estimate of drug-likeness (QED) is 0.497. The van der Waals surface area contributed by atoms with Gasteiger partial charge in [0.1, 0.15) is 5.82 Å². The molecule has 0 bridgehead atoms. The number of halogens is 1. The standard InChI is InChI=1S/C16H10FNO2S/c17-15-7-6-13(18(19)20)9-14(15)16-8-12(10-21-16)11-4-2-1-3-5-11/h1-10H. The van der Waals surface area contributed by atoms with Gasteiger partial charge in [0.2, 0.25) is 0 Å². The van der Waals surface area contributed by atoms with E-state index in [9.17, 15) is 14.5 Å². The normalized spacial score (nSPS) is 10.5. The molecule has 0 radical (unpaired) electrons. The van der Waals surface area contributed by atoms with Crippen LogP contribution in [0.15, 0.2) is 60.0 Å². The number of non-ortho nitro benzene ring substituents is 1. The van der Waals surface area contributed by atoms with Crippen molar-refractivity contribution in [1.29, 1.82) is 0 Å². The third kappa shape index (κ3) is 2.68. The molecule has 0 spiro atoms. The van der Waals surface area contributed by atoms with E-state index in [-0.39, 0.29) is 11.3 Å². The number of hydrogen-bond acceptors (Lipinski definition) is 3. The van der Waals surface area contributed by atoms with Gasteiger partial charge in [-0.15, -0.1) is 11.3 Å². The van der Waals surface area contributed by atoms with Gasteiger partial charge in [0.05, 0.1) is 4.92 Å². The molecule has 3 rings (SSSR count). The van der Waals surface area contributed by atoms with Crippen LogP contribution in [0.4, 0.5) is 10.1 Å².